The van der Waals surface area contributed by atoms with Crippen molar-refractivity contribution in [3.63, 3.8) is 0 Å². The zero-order valence-electron chi connectivity index (χ0n) is 12.2. The molecule has 0 aliphatic carbocycles. The summed E-state index contributed by atoms with van der Waals surface area (Å²) in [6.07, 6.45) is 2.48. The number of nitrogens with one attached hydrogen (secondary N) is 1. The molecule has 1 aliphatic heterocycles. The van der Waals surface area contributed by atoms with Gasteiger partial charge < -0.3 is 14.7 Å². The van der Waals surface area contributed by atoms with E-state index in [9.17, 15) is 14.7 Å². The molecule has 0 spiro atoms. The molecule has 2 rings (SSSR count). The Morgan fingerprint density at radius 2 is 2.27 bits per heavy atom. The van der Waals surface area contributed by atoms with Crippen LogP contribution in [0.2, 0.25) is 0 Å². The maximum Gasteiger partial charge on any atom is 0.266 e. The molecule has 1 atom stereocenters. The Labute approximate surface area is 127 Å². The van der Waals surface area contributed by atoms with Crippen molar-refractivity contribution in [2.45, 2.75) is 18.9 Å². The van der Waals surface area contributed by atoms with Gasteiger partial charge in [-0.05, 0) is 25.0 Å². The quantitative estimate of drug-likeness (QED) is 0.425. The number of methoxy groups -OCH3 is 1. The molecule has 7 heteroatoms. The summed E-state index contributed by atoms with van der Waals surface area (Å²) >= 11 is 0. The summed E-state index contributed by atoms with van der Waals surface area (Å²) in [5, 5.41) is 18.7. The fourth-order valence-corrected chi connectivity index (χ4v) is 2.40. The molecule has 1 fully saturated rings. The SMILES string of the molecule is C=CCc1cc(C(=O)N2CC[C@@H]2C(=O)NO)cc(OC)c1O. The summed E-state index contributed by atoms with van der Waals surface area (Å²) in [6.45, 7) is 4.04. The van der Waals surface area contributed by atoms with Crippen LogP contribution in [0.5, 0.6) is 11.5 Å². The van der Waals surface area contributed by atoms with Gasteiger partial charge in [-0.2, -0.15) is 0 Å². The summed E-state index contributed by atoms with van der Waals surface area (Å²) < 4.78 is 5.08. The van der Waals surface area contributed by atoms with Gasteiger partial charge in [0.1, 0.15) is 6.04 Å². The van der Waals surface area contributed by atoms with Crippen molar-refractivity contribution in [3.05, 3.63) is 35.9 Å². The highest BCUT2D eigenvalue weighted by Gasteiger charge is 2.38. The zero-order valence-corrected chi connectivity index (χ0v) is 12.2. The third kappa shape index (κ3) is 2.75. The lowest BCUT2D eigenvalue weighted by Crippen LogP contribution is -2.57. The van der Waals surface area contributed by atoms with Gasteiger partial charge in [-0.25, -0.2) is 5.48 Å². The number of nitrogens with zero attached hydrogens (tertiary/aromatic N) is 1. The molecule has 22 heavy (non-hydrogen) atoms. The van der Waals surface area contributed by atoms with Gasteiger partial charge in [0.15, 0.2) is 11.5 Å². The molecule has 0 saturated carbocycles. The van der Waals surface area contributed by atoms with Crippen molar-refractivity contribution in [2.24, 2.45) is 0 Å². The predicted octanol–water partition coefficient (Wildman–Crippen LogP) is 0.849. The van der Waals surface area contributed by atoms with Gasteiger partial charge in [-0.3, -0.25) is 14.8 Å². The number of hydroxylamine groups is 1. The number of benzene rings is 1. The summed E-state index contributed by atoms with van der Waals surface area (Å²) in [6, 6.07) is 2.30. The third-order valence-corrected chi connectivity index (χ3v) is 3.68. The van der Waals surface area contributed by atoms with Crippen molar-refractivity contribution >= 4 is 11.8 Å². The first-order valence-corrected chi connectivity index (χ1v) is 6.79. The second kappa shape index (κ2) is 6.48. The fraction of sp³-hybridized carbons (Fsp3) is 0.333. The van der Waals surface area contributed by atoms with Crippen molar-refractivity contribution in [2.75, 3.05) is 13.7 Å². The number of phenols is 1. The Morgan fingerprint density at radius 1 is 1.55 bits per heavy atom. The molecule has 0 bridgehead atoms. The average Bonchev–Trinajstić information content (AvgIpc) is 2.48. The topological polar surface area (TPSA) is 99.1 Å². The predicted molar refractivity (Wildman–Crippen MR) is 77.9 cm³/mol. The van der Waals surface area contributed by atoms with Crippen LogP contribution in [-0.4, -0.2) is 46.7 Å². The molecule has 7 nitrogen and oxygen atoms in total. The van der Waals surface area contributed by atoms with E-state index in [1.165, 1.54) is 18.1 Å². The Morgan fingerprint density at radius 3 is 2.77 bits per heavy atom. The Hall–Kier alpha value is -2.54. The minimum Gasteiger partial charge on any atom is -0.504 e. The summed E-state index contributed by atoms with van der Waals surface area (Å²) in [7, 11) is 1.40. The molecule has 1 aromatic rings. The molecule has 3 N–H and O–H groups in total. The van der Waals surface area contributed by atoms with Crippen LogP contribution < -0.4 is 10.2 Å². The van der Waals surface area contributed by atoms with Crippen molar-refractivity contribution in [3.8, 4) is 11.5 Å². The van der Waals surface area contributed by atoms with Gasteiger partial charge in [0.25, 0.3) is 11.8 Å². The molecular formula is C15H18N2O5. The van der Waals surface area contributed by atoms with Crippen molar-refractivity contribution in [1.82, 2.24) is 10.4 Å². The van der Waals surface area contributed by atoms with E-state index >= 15 is 0 Å². The number of phenolic OH excluding ortho intramolecular Hbond substituents is 1. The van der Waals surface area contributed by atoms with E-state index in [1.807, 2.05) is 0 Å². The number of likely N-dealkylation sites (tertiary alicyclic amines) is 1. The summed E-state index contributed by atoms with van der Waals surface area (Å²) in [5.41, 5.74) is 2.38. The molecule has 0 radical (unpaired) electrons. The first-order valence-electron chi connectivity index (χ1n) is 6.79. The lowest BCUT2D eigenvalue weighted by Gasteiger charge is -2.39. The highest BCUT2D eigenvalue weighted by molar-refractivity contribution is 5.99. The Bertz CT molecular complexity index is 614. The standard InChI is InChI=1S/C15H18N2O5/c1-3-4-9-7-10(8-12(22-2)13(9)18)15(20)17-6-5-11(17)14(19)16-21/h3,7-8,11,18,21H,1,4-6H2,2H3,(H,16,19)/t11-/m1/s1. The number of allylic oxidation sites excluding steroid dienone is 1. The molecule has 0 unspecified atom stereocenters. The van der Waals surface area contributed by atoms with Gasteiger partial charge >= 0.3 is 0 Å². The molecule has 1 heterocycles. The largest absolute Gasteiger partial charge is 0.504 e. The highest BCUT2D eigenvalue weighted by Crippen LogP contribution is 2.33. The van der Waals surface area contributed by atoms with E-state index in [2.05, 4.69) is 6.58 Å². The second-order valence-electron chi connectivity index (χ2n) is 4.96. The number of rotatable bonds is 5. The lowest BCUT2D eigenvalue weighted by atomic mass is 9.98. The van der Waals surface area contributed by atoms with Gasteiger partial charge in [-0.1, -0.05) is 6.08 Å². The second-order valence-corrected chi connectivity index (χ2v) is 4.96. The number of amides is 2. The van der Waals surface area contributed by atoms with E-state index in [4.69, 9.17) is 9.94 Å². The first kappa shape index (κ1) is 15.8. The average molecular weight is 306 g/mol. The monoisotopic (exact) mass is 306 g/mol. The van der Waals surface area contributed by atoms with Crippen LogP contribution in [0.15, 0.2) is 24.8 Å². The van der Waals surface area contributed by atoms with E-state index in [0.29, 0.717) is 30.5 Å². The van der Waals surface area contributed by atoms with Crippen LogP contribution in [-0.2, 0) is 11.2 Å². The fourth-order valence-electron chi connectivity index (χ4n) is 2.40. The van der Waals surface area contributed by atoms with Crippen molar-refractivity contribution < 1.29 is 24.6 Å². The minimum atomic E-state index is -0.680. The Balaban J connectivity index is 2.31. The Kier molecular flexibility index (Phi) is 4.67. The van der Waals surface area contributed by atoms with E-state index in [1.54, 1.807) is 17.6 Å². The van der Waals surface area contributed by atoms with Crippen LogP contribution >= 0.6 is 0 Å². The normalized spacial score (nSPS) is 16.6. The van der Waals surface area contributed by atoms with Crippen LogP contribution in [0.25, 0.3) is 0 Å². The zero-order chi connectivity index (χ0) is 16.3. The van der Waals surface area contributed by atoms with Crippen LogP contribution in [0.3, 0.4) is 0 Å². The highest BCUT2D eigenvalue weighted by atomic mass is 16.5. The summed E-state index contributed by atoms with van der Waals surface area (Å²) in [4.78, 5) is 25.3. The number of aromatic hydroxyl groups is 1. The van der Waals surface area contributed by atoms with Gasteiger partial charge in [0.05, 0.1) is 7.11 Å². The number of carbonyl (C=O) groups is 2. The molecule has 2 amide bonds. The van der Waals surface area contributed by atoms with Crippen molar-refractivity contribution in [1.29, 1.82) is 0 Å². The van der Waals surface area contributed by atoms with Crippen LogP contribution in [0.4, 0.5) is 0 Å². The number of hydrogen-bond donors (Lipinski definition) is 3. The van der Waals surface area contributed by atoms with E-state index in [-0.39, 0.29) is 17.4 Å². The molecule has 1 aliphatic rings. The number of carbonyl (C=O) groups excluding carboxylic acids is 2. The van der Waals surface area contributed by atoms with Gasteiger partial charge in [0, 0.05) is 17.7 Å². The molecule has 1 saturated heterocycles. The minimum absolute atomic E-state index is 0.0350. The lowest BCUT2D eigenvalue weighted by molar-refractivity contribution is -0.137. The van der Waals surface area contributed by atoms with Crippen LogP contribution in [0, 0.1) is 0 Å². The third-order valence-electron chi connectivity index (χ3n) is 3.68. The van der Waals surface area contributed by atoms with Gasteiger partial charge in [0.2, 0.25) is 0 Å². The molecule has 118 valence electrons. The first-order chi connectivity index (χ1) is 10.5. The molecular weight excluding hydrogens is 288 g/mol. The maximum atomic E-state index is 12.5. The number of ether oxygens (including phenoxy) is 1. The summed E-state index contributed by atoms with van der Waals surface area (Å²) in [5.74, 6) is -0.821. The van der Waals surface area contributed by atoms with E-state index in [0.717, 1.165) is 0 Å². The number of hydrogen-bond acceptors (Lipinski definition) is 5. The smallest absolute Gasteiger partial charge is 0.266 e. The van der Waals surface area contributed by atoms with E-state index < -0.39 is 11.9 Å². The van der Waals surface area contributed by atoms with Gasteiger partial charge in [-0.15, -0.1) is 6.58 Å². The maximum absolute atomic E-state index is 12.5. The molecule has 1 aromatic carbocycles. The van der Waals surface area contributed by atoms with Crippen LogP contribution in [0.1, 0.15) is 22.3 Å². The molecule has 0 aromatic heterocycles.